The summed E-state index contributed by atoms with van der Waals surface area (Å²) in [5.74, 6) is 0. The monoisotopic (exact) mass is 293 g/mol. The minimum Gasteiger partial charge on any atom is -0.465 e. The molecule has 1 amide bonds. The van der Waals surface area contributed by atoms with Gasteiger partial charge in [0.05, 0.1) is 0 Å². The van der Waals surface area contributed by atoms with E-state index >= 15 is 0 Å². The zero-order valence-corrected chi connectivity index (χ0v) is 12.8. The Labute approximate surface area is 127 Å². The first-order valence-corrected chi connectivity index (χ1v) is 7.57. The van der Waals surface area contributed by atoms with E-state index in [1.54, 1.807) is 0 Å². The number of amides is 1. The van der Waals surface area contributed by atoms with E-state index in [1.165, 1.54) is 5.56 Å². The minimum absolute atomic E-state index is 0.0321. The molecule has 21 heavy (non-hydrogen) atoms. The lowest BCUT2D eigenvalue weighted by molar-refractivity contribution is 0.187. The Kier molecular flexibility index (Phi) is 8.47. The second-order valence-electron chi connectivity index (χ2n) is 5.40. The van der Waals surface area contributed by atoms with E-state index in [0.29, 0.717) is 0 Å². The molecule has 1 aromatic carbocycles. The van der Waals surface area contributed by atoms with E-state index in [0.717, 1.165) is 45.4 Å². The van der Waals surface area contributed by atoms with Gasteiger partial charge in [-0.2, -0.15) is 0 Å². The quantitative estimate of drug-likeness (QED) is 0.578. The summed E-state index contributed by atoms with van der Waals surface area (Å²) in [7, 11) is 0. The van der Waals surface area contributed by atoms with E-state index in [1.807, 2.05) is 25.1 Å². The normalized spacial score (nSPS) is 12.3. The number of nitrogens with two attached hydrogens (primary N) is 1. The zero-order valence-electron chi connectivity index (χ0n) is 12.8. The predicted octanol–water partition coefficient (Wildman–Crippen LogP) is 2.27. The van der Waals surface area contributed by atoms with E-state index < -0.39 is 6.09 Å². The van der Waals surface area contributed by atoms with Crippen LogP contribution >= 0.6 is 0 Å². The molecule has 0 fully saturated rings. The van der Waals surface area contributed by atoms with Crippen LogP contribution in [0.1, 0.15) is 31.7 Å². The van der Waals surface area contributed by atoms with Crippen LogP contribution in [0.4, 0.5) is 4.79 Å². The number of carboxylic acid groups (broad SMARTS) is 1. The summed E-state index contributed by atoms with van der Waals surface area (Å²) < 4.78 is 0. The van der Waals surface area contributed by atoms with Crippen molar-refractivity contribution < 1.29 is 9.90 Å². The Hall–Kier alpha value is -1.59. The summed E-state index contributed by atoms with van der Waals surface area (Å²) in [5.41, 5.74) is 6.83. The molecule has 0 bridgehead atoms. The fraction of sp³-hybridized carbons (Fsp3) is 0.562. The second-order valence-corrected chi connectivity index (χ2v) is 5.40. The van der Waals surface area contributed by atoms with Crippen molar-refractivity contribution in [3.8, 4) is 0 Å². The summed E-state index contributed by atoms with van der Waals surface area (Å²) in [4.78, 5) is 13.0. The smallest absolute Gasteiger partial charge is 0.404 e. The van der Waals surface area contributed by atoms with Gasteiger partial charge in [0.25, 0.3) is 0 Å². The average Bonchev–Trinajstić information content (AvgIpc) is 2.45. The summed E-state index contributed by atoms with van der Waals surface area (Å²) >= 11 is 0. The largest absolute Gasteiger partial charge is 0.465 e. The first-order valence-electron chi connectivity index (χ1n) is 7.57. The van der Waals surface area contributed by atoms with Crippen LogP contribution in [0.5, 0.6) is 0 Å². The van der Waals surface area contributed by atoms with Crippen LogP contribution < -0.4 is 11.1 Å². The number of nitrogens with one attached hydrogen (secondary N) is 1. The van der Waals surface area contributed by atoms with Crippen molar-refractivity contribution in [1.82, 2.24) is 10.2 Å². The Balaban J connectivity index is 2.45. The van der Waals surface area contributed by atoms with Gasteiger partial charge < -0.3 is 16.2 Å². The van der Waals surface area contributed by atoms with Crippen molar-refractivity contribution in [2.24, 2.45) is 5.73 Å². The molecule has 0 aromatic heterocycles. The Bertz CT molecular complexity index is 398. The first kappa shape index (κ1) is 17.5. The SMILES string of the molecule is CC(CCN(CCCCN)Cc1ccccc1)NC(=O)O. The number of hydrogen-bond donors (Lipinski definition) is 3. The van der Waals surface area contributed by atoms with Crippen molar-refractivity contribution in [3.63, 3.8) is 0 Å². The predicted molar refractivity (Wildman–Crippen MR) is 85.2 cm³/mol. The molecule has 0 aliphatic heterocycles. The molecule has 118 valence electrons. The third kappa shape index (κ3) is 8.32. The highest BCUT2D eigenvalue weighted by Crippen LogP contribution is 2.07. The highest BCUT2D eigenvalue weighted by Gasteiger charge is 2.10. The minimum atomic E-state index is -0.958. The molecule has 0 saturated heterocycles. The van der Waals surface area contributed by atoms with Crippen molar-refractivity contribution >= 4 is 6.09 Å². The summed E-state index contributed by atoms with van der Waals surface area (Å²) in [5, 5.41) is 11.2. The molecule has 0 radical (unpaired) electrons. The van der Waals surface area contributed by atoms with Crippen LogP contribution in [0.3, 0.4) is 0 Å². The van der Waals surface area contributed by atoms with Gasteiger partial charge in [0.2, 0.25) is 0 Å². The van der Waals surface area contributed by atoms with Gasteiger partial charge in [-0.1, -0.05) is 30.3 Å². The van der Waals surface area contributed by atoms with Crippen LogP contribution in [0.15, 0.2) is 30.3 Å². The van der Waals surface area contributed by atoms with Gasteiger partial charge in [0.15, 0.2) is 0 Å². The fourth-order valence-corrected chi connectivity index (χ4v) is 2.25. The number of unbranched alkanes of at least 4 members (excludes halogenated alkanes) is 1. The third-order valence-electron chi connectivity index (χ3n) is 3.43. The van der Waals surface area contributed by atoms with Gasteiger partial charge in [-0.15, -0.1) is 0 Å². The molecule has 5 nitrogen and oxygen atoms in total. The topological polar surface area (TPSA) is 78.6 Å². The first-order chi connectivity index (χ1) is 10.1. The fourth-order valence-electron chi connectivity index (χ4n) is 2.25. The van der Waals surface area contributed by atoms with Crippen LogP contribution in [0, 0.1) is 0 Å². The van der Waals surface area contributed by atoms with Crippen molar-refractivity contribution in [2.45, 2.75) is 38.8 Å². The molecule has 0 saturated carbocycles. The molecule has 5 heteroatoms. The van der Waals surface area contributed by atoms with Crippen LogP contribution in [-0.2, 0) is 6.54 Å². The summed E-state index contributed by atoms with van der Waals surface area (Å²) in [6.45, 7) is 5.38. The Morgan fingerprint density at radius 1 is 1.29 bits per heavy atom. The molecule has 0 heterocycles. The lowest BCUT2D eigenvalue weighted by Crippen LogP contribution is -2.35. The van der Waals surface area contributed by atoms with Gasteiger partial charge >= 0.3 is 6.09 Å². The number of benzene rings is 1. The van der Waals surface area contributed by atoms with Crippen LogP contribution in [0.25, 0.3) is 0 Å². The number of hydrogen-bond acceptors (Lipinski definition) is 3. The van der Waals surface area contributed by atoms with Crippen molar-refractivity contribution in [2.75, 3.05) is 19.6 Å². The average molecular weight is 293 g/mol. The lowest BCUT2D eigenvalue weighted by Gasteiger charge is -2.24. The molecule has 0 aliphatic carbocycles. The molecular weight excluding hydrogens is 266 g/mol. The number of rotatable bonds is 10. The number of nitrogens with zero attached hydrogens (tertiary/aromatic N) is 1. The third-order valence-corrected chi connectivity index (χ3v) is 3.43. The van der Waals surface area contributed by atoms with E-state index in [9.17, 15) is 4.79 Å². The van der Waals surface area contributed by atoms with Gasteiger partial charge in [-0.3, -0.25) is 4.90 Å². The highest BCUT2D eigenvalue weighted by atomic mass is 16.4. The molecule has 1 unspecified atom stereocenters. The van der Waals surface area contributed by atoms with Gasteiger partial charge in [-0.25, -0.2) is 4.79 Å². The van der Waals surface area contributed by atoms with Gasteiger partial charge in [-0.05, 0) is 44.8 Å². The molecule has 0 spiro atoms. The zero-order chi connectivity index (χ0) is 15.5. The van der Waals surface area contributed by atoms with E-state index in [-0.39, 0.29) is 6.04 Å². The van der Waals surface area contributed by atoms with Gasteiger partial charge in [0.1, 0.15) is 0 Å². The van der Waals surface area contributed by atoms with Crippen molar-refractivity contribution in [1.29, 1.82) is 0 Å². The molecule has 1 aromatic rings. The highest BCUT2D eigenvalue weighted by molar-refractivity contribution is 5.64. The maximum atomic E-state index is 10.6. The lowest BCUT2D eigenvalue weighted by atomic mass is 10.1. The molecule has 4 N–H and O–H groups in total. The molecule has 1 atom stereocenters. The van der Waals surface area contributed by atoms with Crippen molar-refractivity contribution in [3.05, 3.63) is 35.9 Å². The Morgan fingerprint density at radius 3 is 2.62 bits per heavy atom. The van der Waals surface area contributed by atoms with E-state index in [4.69, 9.17) is 10.8 Å². The van der Waals surface area contributed by atoms with Crippen LogP contribution in [-0.4, -0.2) is 41.8 Å². The molecule has 1 rings (SSSR count). The molecular formula is C16H27N3O2. The summed E-state index contributed by atoms with van der Waals surface area (Å²) in [6.07, 6.45) is 1.94. The van der Waals surface area contributed by atoms with Crippen LogP contribution in [0.2, 0.25) is 0 Å². The van der Waals surface area contributed by atoms with Gasteiger partial charge in [0, 0.05) is 19.1 Å². The summed E-state index contributed by atoms with van der Waals surface area (Å²) in [6, 6.07) is 10.3. The second kappa shape index (κ2) is 10.2. The maximum absolute atomic E-state index is 10.6. The molecule has 0 aliphatic rings. The Morgan fingerprint density at radius 2 is 2.00 bits per heavy atom. The van der Waals surface area contributed by atoms with E-state index in [2.05, 4.69) is 22.3 Å². The maximum Gasteiger partial charge on any atom is 0.404 e. The number of carbonyl (C=O) groups is 1. The standard InChI is InChI=1S/C16H27N3O2/c1-14(18-16(20)21)9-12-19(11-6-5-10-17)13-15-7-3-2-4-8-15/h2-4,7-8,14,18H,5-6,9-13,17H2,1H3,(H,20,21).